The summed E-state index contributed by atoms with van der Waals surface area (Å²) in [5.41, 5.74) is -0.510. The second-order valence-electron chi connectivity index (χ2n) is 9.96. The zero-order chi connectivity index (χ0) is 32.2. The van der Waals surface area contributed by atoms with Gasteiger partial charge in [0.05, 0.1) is 145 Å². The zero-order valence-electron chi connectivity index (χ0n) is 27.7. The van der Waals surface area contributed by atoms with Crippen molar-refractivity contribution in [2.24, 2.45) is 0 Å². The average molecular weight is 645 g/mol. The smallest absolute Gasteiger partial charge is 0.332 e. The Morgan fingerprint density at radius 1 is 0.364 bits per heavy atom. The van der Waals surface area contributed by atoms with Crippen LogP contribution in [0.25, 0.3) is 0 Å². The molecule has 0 aliphatic heterocycles. The van der Waals surface area contributed by atoms with Crippen molar-refractivity contribution in [1.82, 2.24) is 0 Å². The van der Waals surface area contributed by atoms with Crippen LogP contribution in [0, 0.1) is 0 Å². The summed E-state index contributed by atoms with van der Waals surface area (Å²) < 4.78 is 69.9. The van der Waals surface area contributed by atoms with E-state index in [1.807, 2.05) is 27.7 Å². The molecule has 0 rings (SSSR count). The van der Waals surface area contributed by atoms with E-state index in [9.17, 15) is 4.79 Å². The van der Waals surface area contributed by atoms with Crippen LogP contribution in [0.3, 0.4) is 0 Å². The van der Waals surface area contributed by atoms with E-state index in [1.165, 1.54) is 0 Å². The Labute approximate surface area is 264 Å². The largest absolute Gasteiger partial charge is 0.458 e. The number of carbonyl (C=O) groups is 1. The fourth-order valence-electron chi connectivity index (χ4n) is 2.99. The van der Waals surface area contributed by atoms with Crippen molar-refractivity contribution in [2.45, 2.75) is 33.3 Å². The summed E-state index contributed by atoms with van der Waals surface area (Å²) in [6, 6.07) is 0. The fraction of sp³-hybridized carbons (Fsp3) is 0.967. The molecule has 0 aliphatic rings. The first-order chi connectivity index (χ1) is 21.5. The third-order valence-electron chi connectivity index (χ3n) is 4.94. The van der Waals surface area contributed by atoms with Gasteiger partial charge >= 0.3 is 5.97 Å². The predicted octanol–water partition coefficient (Wildman–Crippen LogP) is 1.55. The first-order valence-corrected chi connectivity index (χ1v) is 15.6. The Hall–Kier alpha value is -1.01. The van der Waals surface area contributed by atoms with Gasteiger partial charge in [0.2, 0.25) is 0 Å². The van der Waals surface area contributed by atoms with Gasteiger partial charge in [-0.05, 0) is 27.7 Å². The van der Waals surface area contributed by atoms with Gasteiger partial charge in [-0.15, -0.1) is 0 Å². The lowest BCUT2D eigenvalue weighted by atomic mass is 10.2. The van der Waals surface area contributed by atoms with Crippen LogP contribution >= 0.6 is 0 Å². The highest BCUT2D eigenvalue weighted by molar-refractivity contribution is 5.71. The standard InChI is InChI=1S/C30H60O14/c1-5-32-6-7-33-8-9-34-10-11-35-12-13-36-14-15-37-16-17-38-18-19-39-20-21-40-22-23-41-24-25-42-26-27-43-28-29(31)44-30(2,3)4/h5-28H2,1-4H3. The van der Waals surface area contributed by atoms with Gasteiger partial charge in [-0.1, -0.05) is 0 Å². The van der Waals surface area contributed by atoms with Gasteiger partial charge < -0.3 is 61.6 Å². The first-order valence-electron chi connectivity index (χ1n) is 15.6. The molecule has 14 nitrogen and oxygen atoms in total. The van der Waals surface area contributed by atoms with Crippen LogP contribution < -0.4 is 0 Å². The Balaban J connectivity index is 3.09. The molecule has 0 aromatic heterocycles. The van der Waals surface area contributed by atoms with Gasteiger partial charge in [-0.25, -0.2) is 4.79 Å². The van der Waals surface area contributed by atoms with Gasteiger partial charge in [0, 0.05) is 6.61 Å². The molecule has 264 valence electrons. The summed E-state index contributed by atoms with van der Waals surface area (Å²) in [6.07, 6.45) is 0. The highest BCUT2D eigenvalue weighted by Crippen LogP contribution is 2.06. The van der Waals surface area contributed by atoms with Gasteiger partial charge in [-0.3, -0.25) is 0 Å². The van der Waals surface area contributed by atoms with Crippen molar-refractivity contribution in [3.63, 3.8) is 0 Å². The number of rotatable bonds is 36. The molecule has 0 aromatic carbocycles. The van der Waals surface area contributed by atoms with E-state index < -0.39 is 5.60 Å². The van der Waals surface area contributed by atoms with Crippen LogP contribution in [-0.2, 0) is 66.4 Å². The molecule has 0 bridgehead atoms. The molecule has 0 aliphatic carbocycles. The van der Waals surface area contributed by atoms with Gasteiger partial charge in [-0.2, -0.15) is 0 Å². The molecule has 14 heteroatoms. The topological polar surface area (TPSA) is 137 Å². The Morgan fingerprint density at radius 3 is 0.773 bits per heavy atom. The lowest BCUT2D eigenvalue weighted by Gasteiger charge is -2.19. The molecule has 0 amide bonds. The molecule has 0 aromatic rings. The zero-order valence-corrected chi connectivity index (χ0v) is 27.7. The monoisotopic (exact) mass is 644 g/mol. The van der Waals surface area contributed by atoms with Crippen LogP contribution in [0.5, 0.6) is 0 Å². The van der Waals surface area contributed by atoms with E-state index in [0.29, 0.717) is 152 Å². The maximum absolute atomic E-state index is 11.5. The Kier molecular flexibility index (Phi) is 34.1. The summed E-state index contributed by atoms with van der Waals surface area (Å²) in [6.45, 7) is 19.0. The third-order valence-corrected chi connectivity index (χ3v) is 4.94. The normalized spacial score (nSPS) is 11.8. The van der Waals surface area contributed by atoms with Crippen LogP contribution in [-0.4, -0.2) is 170 Å². The highest BCUT2D eigenvalue weighted by Gasteiger charge is 2.15. The van der Waals surface area contributed by atoms with E-state index in [1.54, 1.807) is 0 Å². The van der Waals surface area contributed by atoms with Crippen molar-refractivity contribution in [1.29, 1.82) is 0 Å². The maximum Gasteiger partial charge on any atom is 0.332 e. The Bertz CT molecular complexity index is 576. The second kappa shape index (κ2) is 34.9. The highest BCUT2D eigenvalue weighted by atomic mass is 16.6. The Morgan fingerprint density at radius 2 is 0.568 bits per heavy atom. The van der Waals surface area contributed by atoms with Gasteiger partial charge in [0.15, 0.2) is 0 Å². The molecule has 0 N–H and O–H groups in total. The van der Waals surface area contributed by atoms with E-state index in [-0.39, 0.29) is 12.6 Å². The van der Waals surface area contributed by atoms with E-state index in [0.717, 1.165) is 0 Å². The number of hydrogen-bond donors (Lipinski definition) is 0. The van der Waals surface area contributed by atoms with E-state index in [2.05, 4.69) is 0 Å². The molecule has 0 radical (unpaired) electrons. The lowest BCUT2D eigenvalue weighted by molar-refractivity contribution is -0.160. The summed E-state index contributed by atoms with van der Waals surface area (Å²) >= 11 is 0. The molecule has 0 saturated heterocycles. The SMILES string of the molecule is CCOCCOCCOCCOCCOCCOCCOCCOCCOCCOCCOCCOCC(=O)OC(C)(C)C. The minimum Gasteiger partial charge on any atom is -0.458 e. The minimum atomic E-state index is -0.510. The van der Waals surface area contributed by atoms with Crippen LogP contribution in [0.1, 0.15) is 27.7 Å². The number of carbonyl (C=O) groups excluding carboxylic acids is 1. The molecule has 0 spiro atoms. The van der Waals surface area contributed by atoms with Crippen molar-refractivity contribution in [3.05, 3.63) is 0 Å². The number of ether oxygens (including phenoxy) is 13. The van der Waals surface area contributed by atoms with E-state index in [4.69, 9.17) is 61.6 Å². The van der Waals surface area contributed by atoms with E-state index >= 15 is 0 Å². The van der Waals surface area contributed by atoms with Crippen molar-refractivity contribution in [2.75, 3.05) is 159 Å². The van der Waals surface area contributed by atoms with Gasteiger partial charge in [0.1, 0.15) is 12.2 Å². The molecule has 0 unspecified atom stereocenters. The molecule has 0 saturated carbocycles. The third kappa shape index (κ3) is 39.0. The summed E-state index contributed by atoms with van der Waals surface area (Å²) in [5, 5.41) is 0. The second-order valence-corrected chi connectivity index (χ2v) is 9.96. The maximum atomic E-state index is 11.5. The fourth-order valence-corrected chi connectivity index (χ4v) is 2.99. The summed E-state index contributed by atoms with van der Waals surface area (Å²) in [4.78, 5) is 11.5. The predicted molar refractivity (Wildman–Crippen MR) is 161 cm³/mol. The quantitative estimate of drug-likeness (QED) is 0.0720. The first kappa shape index (κ1) is 43.0. The molecular weight excluding hydrogens is 584 g/mol. The van der Waals surface area contributed by atoms with Crippen LogP contribution in [0.4, 0.5) is 0 Å². The van der Waals surface area contributed by atoms with Crippen molar-refractivity contribution in [3.8, 4) is 0 Å². The summed E-state index contributed by atoms with van der Waals surface area (Å²) in [7, 11) is 0. The lowest BCUT2D eigenvalue weighted by Crippen LogP contribution is -2.27. The number of hydrogen-bond acceptors (Lipinski definition) is 14. The van der Waals surface area contributed by atoms with Gasteiger partial charge in [0.25, 0.3) is 0 Å². The number of esters is 1. The average Bonchev–Trinajstić information content (AvgIpc) is 2.98. The molecule has 44 heavy (non-hydrogen) atoms. The molecule has 0 heterocycles. The minimum absolute atomic E-state index is 0.0823. The molecule has 0 fully saturated rings. The van der Waals surface area contributed by atoms with Crippen LogP contribution in [0.2, 0.25) is 0 Å². The molecule has 0 atom stereocenters. The molecular formula is C30H60O14. The summed E-state index contributed by atoms with van der Waals surface area (Å²) in [5.74, 6) is -0.386. The van der Waals surface area contributed by atoms with Crippen molar-refractivity contribution < 1.29 is 66.4 Å². The van der Waals surface area contributed by atoms with Crippen molar-refractivity contribution >= 4 is 5.97 Å². The van der Waals surface area contributed by atoms with Crippen LogP contribution in [0.15, 0.2) is 0 Å².